The van der Waals surface area contributed by atoms with Crippen LogP contribution in [0.3, 0.4) is 0 Å². The molecular formula is C31H37N2+. The van der Waals surface area contributed by atoms with Crippen molar-refractivity contribution in [2.75, 3.05) is 0 Å². The number of aromatic nitrogens is 2. The van der Waals surface area contributed by atoms with E-state index in [1.165, 1.54) is 48.2 Å². The number of H-pyrrole nitrogens is 1. The van der Waals surface area contributed by atoms with Crippen molar-refractivity contribution < 1.29 is 4.57 Å². The zero-order valence-corrected chi connectivity index (χ0v) is 20.1. The molecule has 4 aromatic rings. The van der Waals surface area contributed by atoms with Gasteiger partial charge in [0.1, 0.15) is 18.9 Å². The molecule has 0 radical (unpaired) electrons. The number of hydrogen-bond donors (Lipinski definition) is 1. The molecule has 2 nitrogen and oxygen atoms in total. The van der Waals surface area contributed by atoms with Crippen molar-refractivity contribution in [3.05, 3.63) is 126 Å². The minimum atomic E-state index is -0.0281. The fraction of sp³-hybridized carbons (Fsp3) is 0.323. The minimum absolute atomic E-state index is 0.0281. The number of aromatic amines is 1. The van der Waals surface area contributed by atoms with Crippen LogP contribution in [-0.4, -0.2) is 4.98 Å². The second-order valence-corrected chi connectivity index (χ2v) is 9.45. The molecule has 3 aromatic carbocycles. The van der Waals surface area contributed by atoms with Crippen LogP contribution in [0, 0.1) is 0 Å². The molecule has 0 bridgehead atoms. The minimum Gasteiger partial charge on any atom is -0.247 e. The summed E-state index contributed by atoms with van der Waals surface area (Å²) in [5.41, 5.74) is 4.11. The molecule has 0 aliphatic rings. The molecule has 0 fully saturated rings. The number of benzene rings is 3. The summed E-state index contributed by atoms with van der Waals surface area (Å²) in [5.74, 6) is 1.71. The Labute approximate surface area is 199 Å². The van der Waals surface area contributed by atoms with Gasteiger partial charge in [-0.15, -0.1) is 0 Å². The van der Waals surface area contributed by atoms with Crippen molar-refractivity contribution in [2.45, 2.75) is 63.8 Å². The predicted octanol–water partition coefficient (Wildman–Crippen LogP) is 7.22. The van der Waals surface area contributed by atoms with E-state index >= 15 is 0 Å². The molecule has 33 heavy (non-hydrogen) atoms. The average Bonchev–Trinajstić information content (AvgIpc) is 3.31. The summed E-state index contributed by atoms with van der Waals surface area (Å²) in [7, 11) is 0. The van der Waals surface area contributed by atoms with E-state index in [4.69, 9.17) is 0 Å². The summed E-state index contributed by atoms with van der Waals surface area (Å²) in [5, 5.41) is 0. The number of hydrogen-bond acceptors (Lipinski definition) is 0. The van der Waals surface area contributed by atoms with E-state index in [1.807, 2.05) is 0 Å². The summed E-state index contributed by atoms with van der Waals surface area (Å²) >= 11 is 0. The Morgan fingerprint density at radius 1 is 0.788 bits per heavy atom. The highest BCUT2D eigenvalue weighted by Gasteiger charge is 2.41. The van der Waals surface area contributed by atoms with Gasteiger partial charge in [-0.3, -0.25) is 0 Å². The standard InChI is InChI=1S/C31H36N2/c1-3-4-8-21-29(30-32-22-23-33(30)25-27-17-11-6-12-18-27)31(2,28-19-13-7-14-20-28)24-26-15-9-5-10-16-26/h5-7,9-20,22-23,29H,3-4,8,21,24-25H2,1-2H3/p+1. The van der Waals surface area contributed by atoms with Crippen molar-refractivity contribution in [1.82, 2.24) is 4.98 Å². The van der Waals surface area contributed by atoms with E-state index in [0.29, 0.717) is 5.92 Å². The summed E-state index contributed by atoms with van der Waals surface area (Å²) in [6.45, 7) is 5.65. The Hall–Kier alpha value is -3.13. The van der Waals surface area contributed by atoms with Gasteiger partial charge in [-0.25, -0.2) is 9.55 Å². The van der Waals surface area contributed by atoms with Crippen LogP contribution in [0.15, 0.2) is 103 Å². The number of unbranched alkanes of at least 4 members (excludes halogenated alkanes) is 2. The smallest absolute Gasteiger partial charge is 0.247 e. The van der Waals surface area contributed by atoms with Gasteiger partial charge in [-0.2, -0.15) is 0 Å². The number of nitrogens with zero attached hydrogens (tertiary/aromatic N) is 1. The normalized spacial score (nSPS) is 14.0. The van der Waals surface area contributed by atoms with Gasteiger partial charge >= 0.3 is 0 Å². The molecule has 1 aromatic heterocycles. The molecule has 1 heterocycles. The van der Waals surface area contributed by atoms with E-state index in [1.54, 1.807) is 0 Å². The van der Waals surface area contributed by atoms with Crippen molar-refractivity contribution in [3.63, 3.8) is 0 Å². The van der Waals surface area contributed by atoms with Crippen LogP contribution in [0.2, 0.25) is 0 Å². The molecule has 1 N–H and O–H groups in total. The van der Waals surface area contributed by atoms with Gasteiger partial charge in [0.05, 0.1) is 5.92 Å². The first-order chi connectivity index (χ1) is 16.2. The Balaban J connectivity index is 1.77. The van der Waals surface area contributed by atoms with Crippen LogP contribution in [-0.2, 0) is 18.4 Å². The van der Waals surface area contributed by atoms with Crippen molar-refractivity contribution >= 4 is 0 Å². The topological polar surface area (TPSA) is 19.7 Å². The molecule has 2 unspecified atom stereocenters. The molecule has 0 saturated heterocycles. The highest BCUT2D eigenvalue weighted by molar-refractivity contribution is 5.32. The van der Waals surface area contributed by atoms with Gasteiger partial charge in [0.25, 0.3) is 5.82 Å². The van der Waals surface area contributed by atoms with Gasteiger partial charge in [-0.05, 0) is 29.5 Å². The maximum absolute atomic E-state index is 3.68. The van der Waals surface area contributed by atoms with E-state index in [0.717, 1.165) is 13.0 Å². The number of rotatable bonds is 11. The maximum atomic E-state index is 3.68. The third-order valence-corrected chi connectivity index (χ3v) is 7.03. The second-order valence-electron chi connectivity index (χ2n) is 9.45. The fourth-order valence-electron chi connectivity index (χ4n) is 5.22. The molecule has 4 rings (SSSR count). The Morgan fingerprint density at radius 3 is 2.03 bits per heavy atom. The third kappa shape index (κ3) is 5.63. The Morgan fingerprint density at radius 2 is 1.39 bits per heavy atom. The SMILES string of the molecule is CCCCCC(c1[nH]cc[n+]1Cc1ccccc1)C(C)(Cc1ccccc1)c1ccccc1. The van der Waals surface area contributed by atoms with E-state index in [9.17, 15) is 0 Å². The largest absolute Gasteiger partial charge is 0.258 e. The van der Waals surface area contributed by atoms with E-state index < -0.39 is 0 Å². The monoisotopic (exact) mass is 437 g/mol. The third-order valence-electron chi connectivity index (χ3n) is 7.03. The zero-order valence-electron chi connectivity index (χ0n) is 20.1. The zero-order chi connectivity index (χ0) is 22.9. The van der Waals surface area contributed by atoms with Crippen LogP contribution in [0.5, 0.6) is 0 Å². The summed E-state index contributed by atoms with van der Waals surface area (Å²) in [6.07, 6.45) is 10.2. The molecule has 0 aliphatic carbocycles. The summed E-state index contributed by atoms with van der Waals surface area (Å²) < 4.78 is 2.43. The molecule has 0 amide bonds. The van der Waals surface area contributed by atoms with Crippen molar-refractivity contribution in [2.24, 2.45) is 0 Å². The van der Waals surface area contributed by atoms with Gasteiger partial charge in [0.2, 0.25) is 0 Å². The van der Waals surface area contributed by atoms with Crippen LogP contribution in [0.1, 0.15) is 68.0 Å². The van der Waals surface area contributed by atoms with E-state index in [2.05, 4.69) is 127 Å². The molecule has 0 spiro atoms. The Bertz CT molecular complexity index is 1090. The van der Waals surface area contributed by atoms with Crippen LogP contribution >= 0.6 is 0 Å². The van der Waals surface area contributed by atoms with Crippen molar-refractivity contribution in [1.29, 1.82) is 0 Å². The molecular weight excluding hydrogens is 400 g/mol. The van der Waals surface area contributed by atoms with Crippen molar-refractivity contribution in [3.8, 4) is 0 Å². The lowest BCUT2D eigenvalue weighted by Crippen LogP contribution is -2.44. The van der Waals surface area contributed by atoms with Crippen LogP contribution < -0.4 is 4.57 Å². The first-order valence-corrected chi connectivity index (χ1v) is 12.4. The quantitative estimate of drug-likeness (QED) is 0.189. The lowest BCUT2D eigenvalue weighted by molar-refractivity contribution is -0.696. The number of nitrogens with one attached hydrogen (secondary N) is 1. The number of imidazole rings is 1. The van der Waals surface area contributed by atoms with Crippen LogP contribution in [0.4, 0.5) is 0 Å². The van der Waals surface area contributed by atoms with Gasteiger partial charge in [-0.1, -0.05) is 124 Å². The highest BCUT2D eigenvalue weighted by Crippen LogP contribution is 2.43. The van der Waals surface area contributed by atoms with E-state index in [-0.39, 0.29) is 5.41 Å². The molecule has 170 valence electrons. The average molecular weight is 438 g/mol. The van der Waals surface area contributed by atoms with Gasteiger partial charge < -0.3 is 0 Å². The highest BCUT2D eigenvalue weighted by atomic mass is 15.1. The second kappa shape index (κ2) is 11.1. The molecule has 0 aliphatic heterocycles. The molecule has 2 atom stereocenters. The lowest BCUT2D eigenvalue weighted by atomic mass is 9.66. The summed E-state index contributed by atoms with van der Waals surface area (Å²) in [4.78, 5) is 3.68. The molecule has 0 saturated carbocycles. The van der Waals surface area contributed by atoms with Crippen LogP contribution in [0.25, 0.3) is 0 Å². The first kappa shape index (κ1) is 23.0. The Kier molecular flexibility index (Phi) is 7.78. The van der Waals surface area contributed by atoms with Gasteiger partial charge in [0.15, 0.2) is 0 Å². The first-order valence-electron chi connectivity index (χ1n) is 12.4. The molecule has 2 heteroatoms. The fourth-order valence-corrected chi connectivity index (χ4v) is 5.22. The predicted molar refractivity (Wildman–Crippen MR) is 137 cm³/mol. The van der Waals surface area contributed by atoms with Gasteiger partial charge in [0, 0.05) is 5.41 Å². The summed E-state index contributed by atoms with van der Waals surface area (Å²) in [6, 6.07) is 32.9. The lowest BCUT2D eigenvalue weighted by Gasteiger charge is -2.37. The maximum Gasteiger partial charge on any atom is 0.258 e.